The van der Waals surface area contributed by atoms with Crippen LogP contribution in [-0.2, 0) is 27.5 Å². The second kappa shape index (κ2) is 8.91. The molecule has 0 spiro atoms. The maximum atomic E-state index is 13.8. The molecular formula is C28H32F3N3O3S. The van der Waals surface area contributed by atoms with Crippen LogP contribution in [0.5, 0.6) is 0 Å². The summed E-state index contributed by atoms with van der Waals surface area (Å²) in [7, 11) is -3.92. The molecular weight excluding hydrogens is 515 g/mol. The van der Waals surface area contributed by atoms with Crippen molar-refractivity contribution >= 4 is 21.6 Å². The number of nitrogens with zero attached hydrogens (tertiary/aromatic N) is 2. The number of benzene rings is 2. The number of rotatable bonds is 9. The lowest BCUT2D eigenvalue weighted by molar-refractivity contribution is -0.151. The number of hydrogen-bond acceptors (Lipinski definition) is 5. The van der Waals surface area contributed by atoms with Crippen molar-refractivity contribution in [2.45, 2.75) is 75.1 Å². The fourth-order valence-corrected chi connectivity index (χ4v) is 7.85. The van der Waals surface area contributed by atoms with Gasteiger partial charge < -0.3 is 5.32 Å². The van der Waals surface area contributed by atoms with Gasteiger partial charge in [-0.15, -0.1) is 0 Å². The van der Waals surface area contributed by atoms with Gasteiger partial charge in [-0.1, -0.05) is 44.2 Å². The molecule has 3 fully saturated rings. The molecule has 1 heterocycles. The molecule has 1 aliphatic heterocycles. The molecule has 6 nitrogen and oxygen atoms in total. The predicted octanol–water partition coefficient (Wildman–Crippen LogP) is 5.19. The van der Waals surface area contributed by atoms with E-state index in [1.807, 2.05) is 20.8 Å². The van der Waals surface area contributed by atoms with Gasteiger partial charge in [0.1, 0.15) is 11.4 Å². The SMILES string of the molecule is CC(C)CC(=O)[C@@]1(C)CN=C(C23CC(N(Cc4ccc(C(F)(F)F)cc4)S(=O)(=O)c4ccccc4)(C2)C3)N1. The van der Waals surface area contributed by atoms with Crippen molar-refractivity contribution in [3.05, 3.63) is 65.7 Å². The molecule has 0 amide bonds. The number of ketones is 1. The van der Waals surface area contributed by atoms with Crippen molar-refractivity contribution in [1.29, 1.82) is 0 Å². The Balaban J connectivity index is 1.37. The predicted molar refractivity (Wildman–Crippen MR) is 138 cm³/mol. The molecule has 1 N–H and O–H groups in total. The minimum absolute atomic E-state index is 0.0318. The smallest absolute Gasteiger partial charge is 0.360 e. The number of sulfonamides is 1. The third-order valence-corrected chi connectivity index (χ3v) is 10.1. The molecule has 10 heteroatoms. The monoisotopic (exact) mass is 547 g/mol. The van der Waals surface area contributed by atoms with Crippen molar-refractivity contribution in [1.82, 2.24) is 9.62 Å². The molecule has 0 radical (unpaired) electrons. The highest BCUT2D eigenvalue weighted by atomic mass is 32.2. The van der Waals surface area contributed by atoms with Gasteiger partial charge >= 0.3 is 6.18 Å². The van der Waals surface area contributed by atoms with Gasteiger partial charge in [-0.3, -0.25) is 9.79 Å². The quantitative estimate of drug-likeness (QED) is 0.469. The zero-order chi connectivity index (χ0) is 27.6. The van der Waals surface area contributed by atoms with Crippen LogP contribution in [0.1, 0.15) is 57.6 Å². The molecule has 3 aliphatic carbocycles. The average molecular weight is 548 g/mol. The standard InChI is InChI=1S/C28H32F3N3O3S/c1-19(2)13-23(35)25(3)18-32-24(33-25)26-15-27(16-26,17-26)34(38(36,37)22-7-5-4-6-8-22)14-20-9-11-21(12-10-20)28(29,30)31/h4-12,19H,13-18H2,1-3H3,(H,32,33)/t25-,26?,27?/m1/s1. The Kier molecular flexibility index (Phi) is 6.30. The topological polar surface area (TPSA) is 78.8 Å². The summed E-state index contributed by atoms with van der Waals surface area (Å²) in [5.74, 6) is 1.12. The Hall–Kier alpha value is -2.72. The van der Waals surface area contributed by atoms with Gasteiger partial charge in [0.25, 0.3) is 0 Å². The highest BCUT2D eigenvalue weighted by molar-refractivity contribution is 7.89. The lowest BCUT2D eigenvalue weighted by Crippen LogP contribution is -2.78. The van der Waals surface area contributed by atoms with E-state index in [-0.39, 0.29) is 28.6 Å². The molecule has 0 unspecified atom stereocenters. The number of carbonyl (C=O) groups is 1. The third kappa shape index (κ3) is 4.45. The minimum atomic E-state index is -4.46. The zero-order valence-corrected chi connectivity index (χ0v) is 22.5. The van der Waals surface area contributed by atoms with Gasteiger partial charge in [0.2, 0.25) is 10.0 Å². The van der Waals surface area contributed by atoms with Gasteiger partial charge in [0.15, 0.2) is 5.78 Å². The minimum Gasteiger partial charge on any atom is -0.360 e. The van der Waals surface area contributed by atoms with E-state index < -0.39 is 32.8 Å². The molecule has 4 aliphatic rings. The van der Waals surface area contributed by atoms with E-state index in [1.54, 1.807) is 18.2 Å². The van der Waals surface area contributed by atoms with Gasteiger partial charge in [-0.2, -0.15) is 17.5 Å². The molecule has 2 aromatic carbocycles. The van der Waals surface area contributed by atoms with Gasteiger partial charge in [0.05, 0.1) is 17.0 Å². The van der Waals surface area contributed by atoms with Crippen LogP contribution in [0.2, 0.25) is 0 Å². The molecule has 0 aromatic heterocycles. The number of hydrogen-bond donors (Lipinski definition) is 1. The van der Waals surface area contributed by atoms with Crippen LogP contribution in [0, 0.1) is 11.3 Å². The number of aliphatic imine (C=N–C) groups is 1. The van der Waals surface area contributed by atoms with Crippen LogP contribution in [0.3, 0.4) is 0 Å². The van der Waals surface area contributed by atoms with E-state index in [0.717, 1.165) is 18.0 Å². The lowest BCUT2D eigenvalue weighted by Gasteiger charge is -2.73. The Morgan fingerprint density at radius 2 is 1.66 bits per heavy atom. The summed E-state index contributed by atoms with van der Waals surface area (Å²) in [6.45, 7) is 6.20. The molecule has 2 aromatic rings. The van der Waals surface area contributed by atoms with Crippen molar-refractivity contribution in [2.24, 2.45) is 16.3 Å². The molecule has 1 atom stereocenters. The normalized spacial score (nSPS) is 28.5. The second-order valence-electron chi connectivity index (χ2n) is 11.7. The highest BCUT2D eigenvalue weighted by Crippen LogP contribution is 2.71. The third-order valence-electron chi connectivity index (χ3n) is 8.13. The number of amidine groups is 1. The summed E-state index contributed by atoms with van der Waals surface area (Å²) in [4.78, 5) is 17.7. The zero-order valence-electron chi connectivity index (χ0n) is 21.7. The van der Waals surface area contributed by atoms with E-state index in [9.17, 15) is 26.4 Å². The molecule has 2 bridgehead atoms. The number of Topliss-reactive ketones (excluding diaryl/α,β-unsaturated/α-hetero) is 1. The van der Waals surface area contributed by atoms with Crippen LogP contribution >= 0.6 is 0 Å². The van der Waals surface area contributed by atoms with Crippen LogP contribution in [0.15, 0.2) is 64.5 Å². The van der Waals surface area contributed by atoms with E-state index in [0.29, 0.717) is 37.8 Å². The fraction of sp³-hybridized carbons (Fsp3) is 0.500. The van der Waals surface area contributed by atoms with Gasteiger partial charge in [-0.05, 0) is 61.9 Å². The fourth-order valence-electron chi connectivity index (χ4n) is 6.07. The Morgan fingerprint density at radius 3 is 2.21 bits per heavy atom. The van der Waals surface area contributed by atoms with Crippen LogP contribution in [0.25, 0.3) is 0 Å². The maximum absolute atomic E-state index is 13.8. The number of alkyl halides is 3. The number of carbonyl (C=O) groups excluding carboxylic acids is 1. The first kappa shape index (κ1) is 26.9. The van der Waals surface area contributed by atoms with E-state index in [2.05, 4.69) is 10.3 Å². The maximum Gasteiger partial charge on any atom is 0.416 e. The summed E-state index contributed by atoms with van der Waals surface area (Å²) in [5, 5.41) is 3.38. The first-order valence-corrected chi connectivity index (χ1v) is 14.2. The largest absolute Gasteiger partial charge is 0.416 e. The highest BCUT2D eigenvalue weighted by Gasteiger charge is 2.75. The van der Waals surface area contributed by atoms with Crippen LogP contribution in [0.4, 0.5) is 13.2 Å². The van der Waals surface area contributed by atoms with Crippen molar-refractivity contribution in [3.8, 4) is 0 Å². The van der Waals surface area contributed by atoms with Gasteiger partial charge in [-0.25, -0.2) is 8.42 Å². The van der Waals surface area contributed by atoms with Crippen molar-refractivity contribution in [3.63, 3.8) is 0 Å². The summed E-state index contributed by atoms with van der Waals surface area (Å²) >= 11 is 0. The number of nitrogens with one attached hydrogen (secondary N) is 1. The Labute approximate surface area is 221 Å². The lowest BCUT2D eigenvalue weighted by atomic mass is 9.38. The average Bonchev–Trinajstić information content (AvgIpc) is 3.20. The molecule has 204 valence electrons. The van der Waals surface area contributed by atoms with E-state index in [1.165, 1.54) is 28.6 Å². The van der Waals surface area contributed by atoms with E-state index >= 15 is 0 Å². The van der Waals surface area contributed by atoms with Crippen LogP contribution in [-0.4, -0.2) is 42.0 Å². The summed E-state index contributed by atoms with van der Waals surface area (Å²) in [6.07, 6.45) is -2.36. The Bertz CT molecular complexity index is 1350. The van der Waals surface area contributed by atoms with Gasteiger partial charge in [0, 0.05) is 23.9 Å². The number of halogens is 3. The molecule has 6 rings (SSSR count). The molecule has 38 heavy (non-hydrogen) atoms. The van der Waals surface area contributed by atoms with Crippen LogP contribution < -0.4 is 5.32 Å². The summed E-state index contributed by atoms with van der Waals surface area (Å²) in [5.41, 5.74) is -2.00. The van der Waals surface area contributed by atoms with Crippen molar-refractivity contribution in [2.75, 3.05) is 6.54 Å². The second-order valence-corrected chi connectivity index (χ2v) is 13.6. The van der Waals surface area contributed by atoms with E-state index in [4.69, 9.17) is 0 Å². The summed E-state index contributed by atoms with van der Waals surface area (Å²) in [6, 6.07) is 12.7. The first-order chi connectivity index (χ1) is 17.7. The molecule has 3 saturated carbocycles. The summed E-state index contributed by atoms with van der Waals surface area (Å²) < 4.78 is 68.3. The molecule has 0 saturated heterocycles. The first-order valence-electron chi connectivity index (χ1n) is 12.8. The van der Waals surface area contributed by atoms with Crippen molar-refractivity contribution < 1.29 is 26.4 Å². The Morgan fingerprint density at radius 1 is 1.05 bits per heavy atom.